The van der Waals surface area contributed by atoms with E-state index in [0.717, 1.165) is 6.42 Å². The Morgan fingerprint density at radius 3 is 2.71 bits per heavy atom. The van der Waals surface area contributed by atoms with E-state index in [2.05, 4.69) is 20.6 Å². The van der Waals surface area contributed by atoms with Crippen LogP contribution in [0.25, 0.3) is 11.3 Å². The molecule has 1 amide bonds. The van der Waals surface area contributed by atoms with Crippen molar-refractivity contribution in [3.05, 3.63) is 34.3 Å². The molecule has 2 aromatic rings. The maximum Gasteiger partial charge on any atom is 0.404 e. The van der Waals surface area contributed by atoms with Gasteiger partial charge in [-0.05, 0) is 18.9 Å². The normalized spacial score (nSPS) is 10.4. The number of hydrogen-bond acceptors (Lipinski definition) is 5. The summed E-state index contributed by atoms with van der Waals surface area (Å²) in [5, 5.41) is 14.8. The van der Waals surface area contributed by atoms with Crippen LogP contribution in [0.4, 0.5) is 16.6 Å². The minimum atomic E-state index is -1.02. The quantitative estimate of drug-likeness (QED) is 0.555. The van der Waals surface area contributed by atoms with Gasteiger partial charge in [-0.3, -0.25) is 0 Å². The van der Waals surface area contributed by atoms with Crippen LogP contribution in [0.2, 0.25) is 10.0 Å². The summed E-state index contributed by atoms with van der Waals surface area (Å²) in [5.74, 6) is 0.693. The van der Waals surface area contributed by atoms with Gasteiger partial charge in [-0.25, -0.2) is 9.78 Å². The third kappa shape index (κ3) is 5.14. The molecule has 128 valence electrons. The molecule has 5 N–H and O–H groups in total. The molecule has 0 saturated heterocycles. The zero-order valence-corrected chi connectivity index (χ0v) is 14.2. The summed E-state index contributed by atoms with van der Waals surface area (Å²) >= 11 is 12.2. The number of nitrogen functional groups attached to an aromatic ring is 1. The largest absolute Gasteiger partial charge is 0.465 e. The van der Waals surface area contributed by atoms with Crippen LogP contribution in [-0.4, -0.2) is 34.3 Å². The molecule has 0 spiro atoms. The highest BCUT2D eigenvalue weighted by Gasteiger charge is 2.10. The zero-order chi connectivity index (χ0) is 17.5. The highest BCUT2D eigenvalue weighted by Crippen LogP contribution is 2.33. The second-order valence-corrected chi connectivity index (χ2v) is 5.75. The molecule has 0 fully saturated rings. The van der Waals surface area contributed by atoms with E-state index in [-0.39, 0.29) is 5.95 Å². The fourth-order valence-electron chi connectivity index (χ4n) is 2.06. The second-order valence-electron chi connectivity index (χ2n) is 4.96. The molecule has 9 heteroatoms. The molecule has 0 aliphatic rings. The number of benzene rings is 1. The molecule has 1 aromatic carbocycles. The lowest BCUT2D eigenvalue weighted by Crippen LogP contribution is -2.22. The van der Waals surface area contributed by atoms with Crippen LogP contribution in [0.3, 0.4) is 0 Å². The third-order valence-electron chi connectivity index (χ3n) is 3.16. The van der Waals surface area contributed by atoms with E-state index >= 15 is 0 Å². The van der Waals surface area contributed by atoms with Crippen molar-refractivity contribution < 1.29 is 9.90 Å². The topological polar surface area (TPSA) is 113 Å². The van der Waals surface area contributed by atoms with Crippen molar-refractivity contribution in [3.63, 3.8) is 0 Å². The second kappa shape index (κ2) is 8.56. The first-order valence-electron chi connectivity index (χ1n) is 7.27. The van der Waals surface area contributed by atoms with Crippen LogP contribution in [0, 0.1) is 0 Å². The van der Waals surface area contributed by atoms with Crippen molar-refractivity contribution in [1.29, 1.82) is 0 Å². The molecule has 0 atom stereocenters. The number of amides is 1. The van der Waals surface area contributed by atoms with Crippen molar-refractivity contribution in [2.45, 2.75) is 12.8 Å². The molecule has 0 unspecified atom stereocenters. The molecule has 1 aromatic heterocycles. The smallest absolute Gasteiger partial charge is 0.404 e. The van der Waals surface area contributed by atoms with Gasteiger partial charge in [-0.1, -0.05) is 35.3 Å². The molecule has 24 heavy (non-hydrogen) atoms. The van der Waals surface area contributed by atoms with Gasteiger partial charge in [0.05, 0.1) is 15.7 Å². The number of nitrogens with two attached hydrogens (primary N) is 1. The predicted molar refractivity (Wildman–Crippen MR) is 95.7 cm³/mol. The van der Waals surface area contributed by atoms with Gasteiger partial charge < -0.3 is 21.5 Å². The molecule has 0 aliphatic carbocycles. The van der Waals surface area contributed by atoms with E-state index in [4.69, 9.17) is 34.0 Å². The highest BCUT2D eigenvalue weighted by atomic mass is 35.5. The SMILES string of the molecule is Nc1nc(NCCCCNC(=O)O)cc(-c2cccc(Cl)c2Cl)n1. The lowest BCUT2D eigenvalue weighted by molar-refractivity contribution is 0.194. The fraction of sp³-hybridized carbons (Fsp3) is 0.267. The van der Waals surface area contributed by atoms with Crippen LogP contribution in [0.1, 0.15) is 12.8 Å². The number of hydrogen-bond donors (Lipinski definition) is 4. The van der Waals surface area contributed by atoms with E-state index in [1.807, 2.05) is 0 Å². The van der Waals surface area contributed by atoms with Crippen molar-refractivity contribution in [3.8, 4) is 11.3 Å². The van der Waals surface area contributed by atoms with Gasteiger partial charge >= 0.3 is 6.09 Å². The summed E-state index contributed by atoms with van der Waals surface area (Å²) < 4.78 is 0. The van der Waals surface area contributed by atoms with Gasteiger partial charge in [-0.15, -0.1) is 0 Å². The Balaban J connectivity index is 2.01. The maximum atomic E-state index is 10.3. The minimum Gasteiger partial charge on any atom is -0.465 e. The van der Waals surface area contributed by atoms with E-state index < -0.39 is 6.09 Å². The number of halogens is 2. The van der Waals surface area contributed by atoms with Gasteiger partial charge in [0.25, 0.3) is 0 Å². The summed E-state index contributed by atoms with van der Waals surface area (Å²) in [6.07, 6.45) is 0.471. The van der Waals surface area contributed by atoms with Gasteiger partial charge in [0, 0.05) is 24.7 Å². The van der Waals surface area contributed by atoms with Crippen LogP contribution < -0.4 is 16.4 Å². The van der Waals surface area contributed by atoms with Gasteiger partial charge in [-0.2, -0.15) is 4.98 Å². The first-order chi connectivity index (χ1) is 11.5. The molecular weight excluding hydrogens is 353 g/mol. The summed E-state index contributed by atoms with van der Waals surface area (Å²) in [4.78, 5) is 18.7. The summed E-state index contributed by atoms with van der Waals surface area (Å²) in [5.41, 5.74) is 7.00. The first kappa shape index (κ1) is 18.1. The Labute approximate surface area is 149 Å². The molecule has 0 bridgehead atoms. The molecule has 7 nitrogen and oxygen atoms in total. The summed E-state index contributed by atoms with van der Waals surface area (Å²) in [6.45, 7) is 1.03. The number of rotatable bonds is 7. The van der Waals surface area contributed by atoms with Crippen molar-refractivity contribution in [1.82, 2.24) is 15.3 Å². The van der Waals surface area contributed by atoms with Crippen molar-refractivity contribution >= 4 is 41.1 Å². The molecule has 2 rings (SSSR count). The van der Waals surface area contributed by atoms with Crippen LogP contribution >= 0.6 is 23.2 Å². The third-order valence-corrected chi connectivity index (χ3v) is 3.98. The minimum absolute atomic E-state index is 0.124. The average molecular weight is 370 g/mol. The van der Waals surface area contributed by atoms with Gasteiger partial charge in [0.1, 0.15) is 5.82 Å². The monoisotopic (exact) mass is 369 g/mol. The maximum absolute atomic E-state index is 10.3. The van der Waals surface area contributed by atoms with E-state index in [9.17, 15) is 4.79 Å². The van der Waals surface area contributed by atoms with Crippen LogP contribution in [-0.2, 0) is 0 Å². The summed E-state index contributed by atoms with van der Waals surface area (Å²) in [6, 6.07) is 7.02. The summed E-state index contributed by atoms with van der Waals surface area (Å²) in [7, 11) is 0. The van der Waals surface area contributed by atoms with Crippen molar-refractivity contribution in [2.24, 2.45) is 0 Å². The average Bonchev–Trinajstić information content (AvgIpc) is 2.52. The molecule has 0 radical (unpaired) electrons. The number of unbranched alkanes of at least 4 members (excludes halogenated alkanes) is 1. The Bertz CT molecular complexity index is 727. The predicted octanol–water partition coefficient (Wildman–Crippen LogP) is 3.49. The number of nitrogens with zero attached hydrogens (tertiary/aromatic N) is 2. The lowest BCUT2D eigenvalue weighted by Gasteiger charge is -2.10. The van der Waals surface area contributed by atoms with Gasteiger partial charge in [0.2, 0.25) is 5.95 Å². The van der Waals surface area contributed by atoms with Crippen LogP contribution in [0.5, 0.6) is 0 Å². The molecular formula is C15H17Cl2N5O2. The van der Waals surface area contributed by atoms with Crippen LogP contribution in [0.15, 0.2) is 24.3 Å². The Morgan fingerprint density at radius 2 is 1.96 bits per heavy atom. The van der Waals surface area contributed by atoms with E-state index in [1.165, 1.54) is 0 Å². The fourth-order valence-corrected chi connectivity index (χ4v) is 2.46. The zero-order valence-electron chi connectivity index (χ0n) is 12.7. The molecule has 0 aliphatic heterocycles. The standard InChI is InChI=1S/C15H17Cl2N5O2/c16-10-5-3-4-9(13(10)17)11-8-12(22-14(18)21-11)19-6-1-2-7-20-15(23)24/h3-5,8,20H,1-2,6-7H2,(H,23,24)(H3,18,19,21,22). The number of carbonyl (C=O) groups is 1. The first-order valence-corrected chi connectivity index (χ1v) is 8.02. The Hall–Kier alpha value is -2.25. The number of carboxylic acid groups (broad SMARTS) is 1. The Kier molecular flexibility index (Phi) is 6.45. The number of anilines is 2. The number of aromatic nitrogens is 2. The molecule has 0 saturated carbocycles. The van der Waals surface area contributed by atoms with E-state index in [0.29, 0.717) is 46.6 Å². The van der Waals surface area contributed by atoms with Crippen molar-refractivity contribution in [2.75, 3.05) is 24.1 Å². The molecule has 1 heterocycles. The number of nitrogens with one attached hydrogen (secondary N) is 2. The van der Waals surface area contributed by atoms with E-state index in [1.54, 1.807) is 24.3 Å². The van der Waals surface area contributed by atoms with Gasteiger partial charge in [0.15, 0.2) is 0 Å². The lowest BCUT2D eigenvalue weighted by atomic mass is 10.1. The Morgan fingerprint density at radius 1 is 1.21 bits per heavy atom. The highest BCUT2D eigenvalue weighted by molar-refractivity contribution is 6.43.